The van der Waals surface area contributed by atoms with Crippen molar-refractivity contribution in [3.05, 3.63) is 33.8 Å². The van der Waals surface area contributed by atoms with E-state index in [1.54, 1.807) is 17.0 Å². The molecule has 1 N–H and O–H groups in total. The van der Waals surface area contributed by atoms with E-state index < -0.39 is 11.9 Å². The number of nitrogens with one attached hydrogen (secondary N) is 1. The Morgan fingerprint density at radius 3 is 2.41 bits per heavy atom. The van der Waals surface area contributed by atoms with E-state index in [9.17, 15) is 14.4 Å². The Hall–Kier alpha value is -1.79. The molecule has 34 heavy (non-hydrogen) atoms. The minimum Gasteiger partial charge on any atom is -0.340 e. The van der Waals surface area contributed by atoms with Gasteiger partial charge in [-0.1, -0.05) is 76.1 Å². The molecule has 190 valence electrons. The lowest BCUT2D eigenvalue weighted by Gasteiger charge is -2.41. The van der Waals surface area contributed by atoms with E-state index >= 15 is 0 Å². The summed E-state index contributed by atoms with van der Waals surface area (Å²) >= 11 is 12.1. The van der Waals surface area contributed by atoms with Gasteiger partial charge in [-0.25, -0.2) is 0 Å². The topological polar surface area (TPSA) is 69.7 Å². The van der Waals surface area contributed by atoms with Crippen LogP contribution in [0.25, 0.3) is 0 Å². The minimum atomic E-state index is -0.669. The van der Waals surface area contributed by atoms with Gasteiger partial charge in [-0.15, -0.1) is 0 Å². The molecular weight excluding hydrogens is 473 g/mol. The largest absolute Gasteiger partial charge is 0.340 e. The van der Waals surface area contributed by atoms with Crippen molar-refractivity contribution in [3.8, 4) is 0 Å². The highest BCUT2D eigenvalue weighted by molar-refractivity contribution is 6.36. The van der Waals surface area contributed by atoms with Gasteiger partial charge in [-0.3, -0.25) is 14.4 Å². The number of benzene rings is 1. The van der Waals surface area contributed by atoms with Crippen molar-refractivity contribution in [1.82, 2.24) is 15.1 Å². The summed E-state index contributed by atoms with van der Waals surface area (Å²) in [5.41, 5.74) is 0.287. The average molecular weight is 513 g/mol. The second kappa shape index (κ2) is 13.9. The predicted octanol–water partition coefficient (Wildman–Crippen LogP) is 5.56. The summed E-state index contributed by atoms with van der Waals surface area (Å²) in [6, 6.07) is 3.95. The molecule has 3 unspecified atom stereocenters. The summed E-state index contributed by atoms with van der Waals surface area (Å²) in [6.07, 6.45) is 6.87. The average Bonchev–Trinajstić information content (AvgIpc) is 2.81. The fraction of sp³-hybridized carbons (Fsp3) is 0.654. The molecule has 1 aromatic carbocycles. The van der Waals surface area contributed by atoms with Crippen LogP contribution in [0.5, 0.6) is 0 Å². The van der Waals surface area contributed by atoms with Gasteiger partial charge in [0.25, 0.3) is 5.91 Å². The highest BCUT2D eigenvalue weighted by Crippen LogP contribution is 2.22. The zero-order valence-corrected chi connectivity index (χ0v) is 22.4. The second-order valence-corrected chi connectivity index (χ2v) is 10.2. The van der Waals surface area contributed by atoms with Crippen molar-refractivity contribution >= 4 is 40.9 Å². The van der Waals surface area contributed by atoms with Crippen molar-refractivity contribution in [2.75, 3.05) is 19.6 Å². The summed E-state index contributed by atoms with van der Waals surface area (Å²) in [6.45, 7) is 9.56. The molecule has 0 saturated carbocycles. The van der Waals surface area contributed by atoms with Gasteiger partial charge in [0.2, 0.25) is 11.8 Å². The Labute approximate surface area is 214 Å². The smallest absolute Gasteiger partial charge is 0.253 e. The maximum Gasteiger partial charge on any atom is 0.253 e. The van der Waals surface area contributed by atoms with Crippen LogP contribution in [-0.2, 0) is 9.59 Å². The predicted molar refractivity (Wildman–Crippen MR) is 138 cm³/mol. The van der Waals surface area contributed by atoms with Crippen molar-refractivity contribution < 1.29 is 14.4 Å². The van der Waals surface area contributed by atoms with Gasteiger partial charge in [0.05, 0.1) is 10.6 Å². The maximum absolute atomic E-state index is 13.5. The number of amides is 3. The molecule has 1 aliphatic rings. The molecule has 6 nitrogen and oxygen atoms in total. The van der Waals surface area contributed by atoms with Gasteiger partial charge in [0.15, 0.2) is 0 Å². The van der Waals surface area contributed by atoms with Crippen LogP contribution in [-0.4, -0.2) is 59.2 Å². The summed E-state index contributed by atoms with van der Waals surface area (Å²) in [7, 11) is 0. The van der Waals surface area contributed by atoms with Crippen LogP contribution in [0.3, 0.4) is 0 Å². The van der Waals surface area contributed by atoms with Gasteiger partial charge in [0, 0.05) is 37.1 Å². The molecule has 1 heterocycles. The molecule has 1 aromatic rings. The summed E-state index contributed by atoms with van der Waals surface area (Å²) in [5.74, 6) is -0.405. The van der Waals surface area contributed by atoms with E-state index in [-0.39, 0.29) is 34.4 Å². The number of halogens is 2. The Morgan fingerprint density at radius 2 is 1.79 bits per heavy atom. The summed E-state index contributed by atoms with van der Waals surface area (Å²) in [5, 5.41) is 3.59. The van der Waals surface area contributed by atoms with E-state index in [0.29, 0.717) is 31.1 Å². The van der Waals surface area contributed by atoms with Crippen LogP contribution >= 0.6 is 23.2 Å². The van der Waals surface area contributed by atoms with Gasteiger partial charge in [0.1, 0.15) is 6.04 Å². The fourth-order valence-electron chi connectivity index (χ4n) is 4.32. The molecular formula is C26H39Cl2N3O3. The number of hydrogen-bond acceptors (Lipinski definition) is 3. The SMILES string of the molecule is CCCCCCCC(=O)N1CCN(C(=O)C(NC(=O)c2ccc(Cl)cc2Cl)C(C)CC)CC1C. The standard InChI is InChI=1S/C26H39Cl2N3O3/c1-5-7-8-9-10-11-23(32)31-15-14-30(17-19(31)4)26(34)24(18(3)6-2)29-25(33)21-13-12-20(27)16-22(21)28/h12-13,16,18-19,24H,5-11,14-15,17H2,1-4H3,(H,29,33). The molecule has 1 fully saturated rings. The first-order valence-electron chi connectivity index (χ1n) is 12.5. The van der Waals surface area contributed by atoms with Crippen LogP contribution in [0.2, 0.25) is 10.0 Å². The Morgan fingerprint density at radius 1 is 1.09 bits per heavy atom. The monoisotopic (exact) mass is 511 g/mol. The van der Waals surface area contributed by atoms with Gasteiger partial charge >= 0.3 is 0 Å². The van der Waals surface area contributed by atoms with Crippen LogP contribution in [0, 0.1) is 5.92 Å². The zero-order chi connectivity index (χ0) is 25.3. The lowest BCUT2D eigenvalue weighted by Crippen LogP contribution is -2.60. The number of carbonyl (C=O) groups excluding carboxylic acids is 3. The minimum absolute atomic E-state index is 0.0550. The summed E-state index contributed by atoms with van der Waals surface area (Å²) < 4.78 is 0. The molecule has 1 aliphatic heterocycles. The lowest BCUT2D eigenvalue weighted by molar-refractivity contribution is -0.144. The molecule has 2 rings (SSSR count). The number of unbranched alkanes of at least 4 members (excludes halogenated alkanes) is 4. The normalized spacial score (nSPS) is 17.9. The van der Waals surface area contributed by atoms with Crippen LogP contribution in [0.15, 0.2) is 18.2 Å². The van der Waals surface area contributed by atoms with Crippen molar-refractivity contribution in [2.45, 2.75) is 84.7 Å². The molecule has 0 spiro atoms. The molecule has 0 aliphatic carbocycles. The maximum atomic E-state index is 13.5. The Balaban J connectivity index is 1.99. The number of piperazine rings is 1. The molecule has 3 atom stereocenters. The van der Waals surface area contributed by atoms with Crippen molar-refractivity contribution in [1.29, 1.82) is 0 Å². The second-order valence-electron chi connectivity index (χ2n) is 9.35. The molecule has 0 bridgehead atoms. The highest BCUT2D eigenvalue weighted by atomic mass is 35.5. The van der Waals surface area contributed by atoms with Crippen LogP contribution < -0.4 is 5.32 Å². The summed E-state index contributed by atoms with van der Waals surface area (Å²) in [4.78, 5) is 42.7. The van der Waals surface area contributed by atoms with E-state index in [2.05, 4.69) is 12.2 Å². The quantitative estimate of drug-likeness (QED) is 0.395. The first-order valence-corrected chi connectivity index (χ1v) is 13.3. The first-order chi connectivity index (χ1) is 16.2. The van der Waals surface area contributed by atoms with Gasteiger partial charge < -0.3 is 15.1 Å². The third-order valence-electron chi connectivity index (χ3n) is 6.70. The highest BCUT2D eigenvalue weighted by Gasteiger charge is 2.35. The molecule has 0 aromatic heterocycles. The Bertz CT molecular complexity index is 849. The van der Waals surface area contributed by atoms with Gasteiger partial charge in [-0.2, -0.15) is 0 Å². The van der Waals surface area contributed by atoms with E-state index in [4.69, 9.17) is 23.2 Å². The third-order valence-corrected chi connectivity index (χ3v) is 7.24. The van der Waals surface area contributed by atoms with Crippen LogP contribution in [0.1, 0.15) is 83.0 Å². The van der Waals surface area contributed by atoms with Gasteiger partial charge in [-0.05, 0) is 37.5 Å². The number of nitrogens with zero attached hydrogens (tertiary/aromatic N) is 2. The van der Waals surface area contributed by atoms with Crippen molar-refractivity contribution in [2.24, 2.45) is 5.92 Å². The van der Waals surface area contributed by atoms with Crippen molar-refractivity contribution in [3.63, 3.8) is 0 Å². The third kappa shape index (κ3) is 7.88. The lowest BCUT2D eigenvalue weighted by atomic mass is 9.96. The molecule has 0 radical (unpaired) electrons. The fourth-order valence-corrected chi connectivity index (χ4v) is 4.82. The van der Waals surface area contributed by atoms with E-state index in [0.717, 1.165) is 19.3 Å². The number of rotatable bonds is 11. The zero-order valence-electron chi connectivity index (χ0n) is 20.9. The molecule has 1 saturated heterocycles. The molecule has 3 amide bonds. The molecule has 8 heteroatoms. The van der Waals surface area contributed by atoms with E-state index in [1.807, 2.05) is 25.7 Å². The Kier molecular flexibility index (Phi) is 11.7. The number of carbonyl (C=O) groups is 3. The van der Waals surface area contributed by atoms with Crippen LogP contribution in [0.4, 0.5) is 0 Å². The first kappa shape index (κ1) is 28.4. The van der Waals surface area contributed by atoms with E-state index in [1.165, 1.54) is 25.3 Å². The number of hydrogen-bond donors (Lipinski definition) is 1.